The molecule has 6 nitrogen and oxygen atoms in total. The van der Waals surface area contributed by atoms with Crippen LogP contribution < -0.4 is 15.0 Å². The van der Waals surface area contributed by atoms with Gasteiger partial charge in [-0.05, 0) is 5.56 Å². The van der Waals surface area contributed by atoms with Gasteiger partial charge in [-0.2, -0.15) is 0 Å². The largest absolute Gasteiger partial charge is 0.479 e. The number of fused-ring (bicyclic) bond motifs is 1. The number of aromatic nitrogens is 3. The fraction of sp³-hybridized carbons (Fsp3) is 0.294. The van der Waals surface area contributed by atoms with Crippen LogP contribution >= 0.6 is 24.8 Å². The summed E-state index contributed by atoms with van der Waals surface area (Å²) in [5, 5.41) is 11.6. The Kier molecular flexibility index (Phi) is 6.47. The molecule has 0 atom stereocenters. The van der Waals surface area contributed by atoms with Crippen molar-refractivity contribution >= 4 is 41.5 Å². The number of ether oxygens (including phenoxy) is 1. The molecule has 0 unspecified atom stereocenters. The minimum Gasteiger partial charge on any atom is -0.479 e. The van der Waals surface area contributed by atoms with Crippen LogP contribution in [0.4, 0.5) is 5.69 Å². The molecule has 0 saturated carbocycles. The van der Waals surface area contributed by atoms with Gasteiger partial charge in [-0.15, -0.1) is 29.9 Å². The van der Waals surface area contributed by atoms with Crippen molar-refractivity contribution in [3.63, 3.8) is 0 Å². The topological polar surface area (TPSA) is 66.1 Å². The van der Waals surface area contributed by atoms with Crippen molar-refractivity contribution in [2.24, 2.45) is 0 Å². The fourth-order valence-corrected chi connectivity index (χ4v) is 3.14. The highest BCUT2D eigenvalue weighted by Gasteiger charge is 2.23. The van der Waals surface area contributed by atoms with E-state index in [4.69, 9.17) is 4.74 Å². The van der Waals surface area contributed by atoms with Gasteiger partial charge < -0.3 is 15.0 Å². The number of hydrogen-bond acceptors (Lipinski definition) is 5. The molecular weight excluding hydrogens is 361 g/mol. The maximum atomic E-state index is 5.47. The van der Waals surface area contributed by atoms with E-state index in [1.165, 1.54) is 0 Å². The van der Waals surface area contributed by atoms with Crippen LogP contribution in [0.2, 0.25) is 0 Å². The third kappa shape index (κ3) is 3.51. The molecule has 0 aliphatic carbocycles. The first-order valence-corrected chi connectivity index (χ1v) is 7.80. The van der Waals surface area contributed by atoms with Crippen molar-refractivity contribution in [2.45, 2.75) is 0 Å². The van der Waals surface area contributed by atoms with Gasteiger partial charge in [-0.1, -0.05) is 30.3 Å². The number of H-pyrrole nitrogens is 1. The number of methoxy groups -OCH3 is 1. The summed E-state index contributed by atoms with van der Waals surface area (Å²) >= 11 is 0. The second-order valence-electron chi connectivity index (χ2n) is 5.58. The number of aromatic amines is 1. The third-order valence-electron chi connectivity index (χ3n) is 4.24. The molecular formula is C17H21Cl2N5O. The number of halogens is 2. The number of nitrogens with zero attached hydrogens (tertiary/aromatic N) is 3. The molecule has 0 spiro atoms. The van der Waals surface area contributed by atoms with Gasteiger partial charge in [-0.25, -0.2) is 4.98 Å². The van der Waals surface area contributed by atoms with Crippen molar-refractivity contribution < 1.29 is 4.74 Å². The number of pyridine rings is 1. The molecule has 3 heterocycles. The van der Waals surface area contributed by atoms with Crippen molar-refractivity contribution in [2.75, 3.05) is 38.2 Å². The first-order chi connectivity index (χ1) is 11.4. The molecule has 3 aromatic rings. The molecule has 4 rings (SSSR count). The molecule has 1 fully saturated rings. The summed E-state index contributed by atoms with van der Waals surface area (Å²) in [5.74, 6) is 0.596. The molecule has 1 aromatic carbocycles. The smallest absolute Gasteiger partial charge is 0.244 e. The second kappa shape index (κ2) is 8.38. The van der Waals surface area contributed by atoms with Crippen LogP contribution in [0.1, 0.15) is 0 Å². The van der Waals surface area contributed by atoms with E-state index in [2.05, 4.69) is 37.5 Å². The van der Waals surface area contributed by atoms with E-state index >= 15 is 0 Å². The number of hydrogen-bond donors (Lipinski definition) is 2. The van der Waals surface area contributed by atoms with E-state index < -0.39 is 0 Å². The van der Waals surface area contributed by atoms with Gasteiger partial charge in [0.1, 0.15) is 5.39 Å². The standard InChI is InChI=1S/C17H19N5O.2ClH/c1-23-17-14-15(22-9-7-18-8-10-22)13(11-19-16(14)20-21-17)12-5-3-2-4-6-12;;/h2-6,11,18H,7-10H2,1H3,(H,19,20,21);2*1H. The maximum absolute atomic E-state index is 5.47. The highest BCUT2D eigenvalue weighted by Crippen LogP contribution is 2.39. The Morgan fingerprint density at radius 1 is 1.08 bits per heavy atom. The number of rotatable bonds is 3. The first kappa shape index (κ1) is 19.3. The molecule has 25 heavy (non-hydrogen) atoms. The Hall–Kier alpha value is -2.02. The minimum absolute atomic E-state index is 0. The fourth-order valence-electron chi connectivity index (χ4n) is 3.14. The predicted molar refractivity (Wildman–Crippen MR) is 105 cm³/mol. The average Bonchev–Trinajstić information content (AvgIpc) is 3.05. The lowest BCUT2D eigenvalue weighted by molar-refractivity contribution is 0.401. The Balaban J connectivity index is 0.00000113. The summed E-state index contributed by atoms with van der Waals surface area (Å²) in [5.41, 5.74) is 4.17. The first-order valence-electron chi connectivity index (χ1n) is 7.80. The van der Waals surface area contributed by atoms with E-state index in [1.807, 2.05) is 24.4 Å². The average molecular weight is 382 g/mol. The molecule has 0 bridgehead atoms. The second-order valence-corrected chi connectivity index (χ2v) is 5.58. The van der Waals surface area contributed by atoms with Crippen LogP contribution in [-0.4, -0.2) is 48.5 Å². The molecule has 1 aliphatic heterocycles. The van der Waals surface area contributed by atoms with Gasteiger partial charge in [-0.3, -0.25) is 5.10 Å². The van der Waals surface area contributed by atoms with Crippen molar-refractivity contribution in [1.82, 2.24) is 20.5 Å². The van der Waals surface area contributed by atoms with E-state index in [9.17, 15) is 0 Å². The normalized spacial score (nSPS) is 13.9. The van der Waals surface area contributed by atoms with Crippen LogP contribution in [-0.2, 0) is 0 Å². The van der Waals surface area contributed by atoms with Crippen LogP contribution in [0.5, 0.6) is 5.88 Å². The summed E-state index contributed by atoms with van der Waals surface area (Å²) in [7, 11) is 1.65. The van der Waals surface area contributed by atoms with Gasteiger partial charge in [0, 0.05) is 37.9 Å². The van der Waals surface area contributed by atoms with Gasteiger partial charge in [0.05, 0.1) is 12.8 Å². The van der Waals surface area contributed by atoms with Crippen LogP contribution in [0, 0.1) is 0 Å². The lowest BCUT2D eigenvalue weighted by atomic mass is 10.0. The van der Waals surface area contributed by atoms with E-state index in [0.717, 1.165) is 54.0 Å². The lowest BCUT2D eigenvalue weighted by Crippen LogP contribution is -2.43. The Morgan fingerprint density at radius 2 is 1.80 bits per heavy atom. The molecule has 2 aromatic heterocycles. The zero-order valence-electron chi connectivity index (χ0n) is 13.9. The van der Waals surface area contributed by atoms with Gasteiger partial charge in [0.2, 0.25) is 5.88 Å². The number of nitrogens with one attached hydrogen (secondary N) is 2. The van der Waals surface area contributed by atoms with Crippen molar-refractivity contribution in [3.05, 3.63) is 36.5 Å². The number of piperazine rings is 1. The SMILES string of the molecule is COc1n[nH]c2ncc(-c3ccccc3)c(N3CCNCC3)c12.Cl.Cl. The molecule has 8 heteroatoms. The Labute approximate surface area is 158 Å². The Bertz CT molecular complexity index is 819. The molecule has 0 amide bonds. The summed E-state index contributed by atoms with van der Waals surface area (Å²) in [4.78, 5) is 6.93. The summed E-state index contributed by atoms with van der Waals surface area (Å²) in [6.07, 6.45) is 1.92. The number of anilines is 1. The molecule has 134 valence electrons. The monoisotopic (exact) mass is 381 g/mol. The molecule has 1 aliphatic rings. The van der Waals surface area contributed by atoms with Crippen LogP contribution in [0.25, 0.3) is 22.2 Å². The third-order valence-corrected chi connectivity index (χ3v) is 4.24. The highest BCUT2D eigenvalue weighted by atomic mass is 35.5. The summed E-state index contributed by atoms with van der Waals surface area (Å²) in [6.45, 7) is 3.84. The Morgan fingerprint density at radius 3 is 2.48 bits per heavy atom. The molecule has 1 saturated heterocycles. The molecule has 0 radical (unpaired) electrons. The lowest BCUT2D eigenvalue weighted by Gasteiger charge is -2.31. The predicted octanol–water partition coefficient (Wildman–Crippen LogP) is 2.89. The van der Waals surface area contributed by atoms with Crippen LogP contribution in [0.15, 0.2) is 36.5 Å². The summed E-state index contributed by atoms with van der Waals surface area (Å²) < 4.78 is 5.47. The van der Waals surface area contributed by atoms with Crippen molar-refractivity contribution in [1.29, 1.82) is 0 Å². The van der Waals surface area contributed by atoms with Crippen LogP contribution in [0.3, 0.4) is 0 Å². The van der Waals surface area contributed by atoms with Gasteiger partial charge in [0.25, 0.3) is 0 Å². The highest BCUT2D eigenvalue weighted by molar-refractivity contribution is 6.01. The number of benzene rings is 1. The van der Waals surface area contributed by atoms with E-state index in [0.29, 0.717) is 5.88 Å². The maximum Gasteiger partial charge on any atom is 0.244 e. The zero-order valence-corrected chi connectivity index (χ0v) is 15.5. The van der Waals surface area contributed by atoms with Gasteiger partial charge in [0.15, 0.2) is 5.65 Å². The minimum atomic E-state index is 0. The van der Waals surface area contributed by atoms with E-state index in [1.54, 1.807) is 7.11 Å². The quantitative estimate of drug-likeness (QED) is 0.729. The molecule has 2 N–H and O–H groups in total. The van der Waals surface area contributed by atoms with E-state index in [-0.39, 0.29) is 24.8 Å². The zero-order chi connectivity index (χ0) is 15.6. The van der Waals surface area contributed by atoms with Crippen molar-refractivity contribution in [3.8, 4) is 17.0 Å². The van der Waals surface area contributed by atoms with Gasteiger partial charge >= 0.3 is 0 Å². The summed E-state index contributed by atoms with van der Waals surface area (Å²) in [6, 6.07) is 10.3.